The van der Waals surface area contributed by atoms with Gasteiger partial charge in [-0.15, -0.1) is 12.1 Å². The van der Waals surface area contributed by atoms with Gasteiger partial charge in [0, 0.05) is 0 Å². The zero-order valence-corrected chi connectivity index (χ0v) is 13.2. The number of hydrogen-bond acceptors (Lipinski definition) is 6. The molecule has 6 nitrogen and oxygen atoms in total. The van der Waals surface area contributed by atoms with Gasteiger partial charge < -0.3 is 9.73 Å². The van der Waals surface area contributed by atoms with Crippen molar-refractivity contribution in [1.82, 2.24) is 4.98 Å². The summed E-state index contributed by atoms with van der Waals surface area (Å²) in [7, 11) is 0. The maximum atomic E-state index is 13.8. The van der Waals surface area contributed by atoms with E-state index in [2.05, 4.69) is 16.4 Å². The van der Waals surface area contributed by atoms with Crippen LogP contribution in [0.3, 0.4) is 0 Å². The van der Waals surface area contributed by atoms with Crippen LogP contribution < -0.4 is 9.57 Å². The normalized spacial score (nSPS) is 9.84. The van der Waals surface area contributed by atoms with Crippen LogP contribution in [0.1, 0.15) is 5.69 Å². The summed E-state index contributed by atoms with van der Waals surface area (Å²) in [5, 5.41) is 11.9. The molecule has 0 aliphatic heterocycles. The molecule has 131 valence electrons. The van der Waals surface area contributed by atoms with Crippen molar-refractivity contribution in [2.75, 3.05) is 5.32 Å². The van der Waals surface area contributed by atoms with Crippen LogP contribution in [0.15, 0.2) is 46.9 Å². The molecule has 0 radical (unpaired) electrons. The minimum absolute atomic E-state index is 0.0198. The Balaban J connectivity index is 0.000000701. The van der Waals surface area contributed by atoms with Gasteiger partial charge in [0.2, 0.25) is 17.5 Å². The molecule has 0 saturated carbocycles. The summed E-state index contributed by atoms with van der Waals surface area (Å²) in [5.74, 6) is -1.90. The molecule has 0 unspecified atom stereocenters. The average molecular weight is 387 g/mol. The van der Waals surface area contributed by atoms with Gasteiger partial charge in [0.05, 0.1) is 0 Å². The Morgan fingerprint density at radius 1 is 1.24 bits per heavy atom. The number of hydrogen-bond donors (Lipinski definition) is 1. The van der Waals surface area contributed by atoms with Crippen LogP contribution in [0.2, 0.25) is 0 Å². The van der Waals surface area contributed by atoms with Crippen LogP contribution in [0.4, 0.5) is 20.4 Å². The number of halogens is 2. The van der Waals surface area contributed by atoms with Crippen molar-refractivity contribution in [3.63, 3.8) is 0 Å². The fraction of sp³-hybridized carbons (Fsp3) is 0. The van der Waals surface area contributed by atoms with E-state index in [1.807, 2.05) is 6.07 Å². The number of benzene rings is 2. The van der Waals surface area contributed by atoms with Crippen molar-refractivity contribution in [2.24, 2.45) is 0 Å². The van der Waals surface area contributed by atoms with E-state index >= 15 is 0 Å². The fourth-order valence-electron chi connectivity index (χ4n) is 1.89. The summed E-state index contributed by atoms with van der Waals surface area (Å²) >= 11 is -0.875. The third-order valence-corrected chi connectivity index (χ3v) is 2.89. The van der Waals surface area contributed by atoms with E-state index in [9.17, 15) is 8.78 Å². The first kappa shape index (κ1) is 18.4. The van der Waals surface area contributed by atoms with E-state index < -0.39 is 31.9 Å². The molecule has 0 saturated heterocycles. The van der Waals surface area contributed by atoms with Gasteiger partial charge in [-0.25, -0.2) is 8.78 Å². The molecule has 0 spiro atoms. The molecule has 0 fully saturated rings. The van der Waals surface area contributed by atoms with Crippen LogP contribution in [0.5, 0.6) is 0 Å². The molecule has 1 aromatic heterocycles. The van der Waals surface area contributed by atoms with Gasteiger partial charge in [-0.3, -0.25) is 0 Å². The van der Waals surface area contributed by atoms with Crippen molar-refractivity contribution in [1.29, 1.82) is 5.26 Å². The number of oxazole rings is 1. The molecule has 2 aromatic carbocycles. The number of nitrogens with zero attached hydrogens (tertiary/aromatic N) is 2. The third-order valence-electron chi connectivity index (χ3n) is 2.89. The van der Waals surface area contributed by atoms with Gasteiger partial charge in [0.25, 0.3) is 0 Å². The van der Waals surface area contributed by atoms with E-state index in [1.165, 1.54) is 6.07 Å². The first-order chi connectivity index (χ1) is 12.1. The molecular formula is C16H8F2N3NiO3-2. The van der Waals surface area contributed by atoms with E-state index in [0.29, 0.717) is 5.69 Å². The quantitative estimate of drug-likeness (QED) is 0.548. The van der Waals surface area contributed by atoms with E-state index in [1.54, 1.807) is 24.3 Å². The van der Waals surface area contributed by atoms with E-state index in [-0.39, 0.29) is 17.5 Å². The predicted molar refractivity (Wildman–Crippen MR) is 75.8 cm³/mol. The number of aromatic nitrogens is 1. The number of anilines is 2. The van der Waals surface area contributed by atoms with Gasteiger partial charge >= 0.3 is 22.8 Å². The van der Waals surface area contributed by atoms with E-state index in [4.69, 9.17) is 17.8 Å². The molecule has 0 bridgehead atoms. The zero-order valence-electron chi connectivity index (χ0n) is 12.2. The first-order valence-corrected chi connectivity index (χ1v) is 7.34. The Bertz CT molecular complexity index is 890. The number of nitrogens with one attached hydrogen (secondary N) is 1. The van der Waals surface area contributed by atoms with Crippen LogP contribution >= 0.6 is 0 Å². The van der Waals surface area contributed by atoms with Crippen molar-refractivity contribution >= 4 is 11.6 Å². The van der Waals surface area contributed by atoms with Gasteiger partial charge in [0.1, 0.15) is 23.3 Å². The molecule has 0 aliphatic carbocycles. The second-order valence-electron chi connectivity index (χ2n) is 4.37. The Morgan fingerprint density at radius 2 is 1.84 bits per heavy atom. The van der Waals surface area contributed by atoms with Crippen LogP contribution in [-0.4, -0.2) is 4.98 Å². The van der Waals surface area contributed by atoms with Crippen LogP contribution in [0.25, 0.3) is 11.5 Å². The minimum atomic E-state index is -0.875. The molecule has 0 aliphatic rings. The van der Waals surface area contributed by atoms with Crippen molar-refractivity contribution in [3.8, 4) is 17.5 Å². The summed E-state index contributed by atoms with van der Waals surface area (Å²) in [4.78, 5) is 3.84. The average Bonchev–Trinajstić information content (AvgIpc) is 2.99. The second kappa shape index (κ2) is 8.78. The summed E-state index contributed by atoms with van der Waals surface area (Å²) in [6.07, 6.45) is 0. The molecule has 1 heterocycles. The summed E-state index contributed by atoms with van der Waals surface area (Å²) in [6, 6.07) is 14.8. The van der Waals surface area contributed by atoms with Crippen LogP contribution in [-0.2, 0) is 18.6 Å². The van der Waals surface area contributed by atoms with Gasteiger partial charge in [0.15, 0.2) is 0 Å². The predicted octanol–water partition coefficient (Wildman–Crippen LogP) is 2.72. The molecular weight excluding hydrogens is 379 g/mol. The monoisotopic (exact) mass is 386 g/mol. The zero-order chi connectivity index (χ0) is 18.2. The van der Waals surface area contributed by atoms with Crippen molar-refractivity contribution < 1.29 is 36.0 Å². The molecule has 3 rings (SSSR count). The molecule has 1 N–H and O–H groups in total. The van der Waals surface area contributed by atoms with E-state index in [0.717, 1.165) is 12.1 Å². The van der Waals surface area contributed by atoms with Gasteiger partial charge in [-0.05, 0) is 12.1 Å². The number of rotatable bonds is 3. The molecule has 25 heavy (non-hydrogen) atoms. The Hall–Kier alpha value is -2.95. The second-order valence-corrected chi connectivity index (χ2v) is 4.54. The SMILES string of the molecule is N#Cc1nc(-c2c(F)cccc2F)oc1Nc1cc[c-]cc1.[O]=[Ni][O-]. The summed E-state index contributed by atoms with van der Waals surface area (Å²) < 4.78 is 49.5. The molecule has 0 amide bonds. The third kappa shape index (κ3) is 4.53. The van der Waals surface area contributed by atoms with Gasteiger partial charge in [-0.1, -0.05) is 11.8 Å². The van der Waals surface area contributed by atoms with Crippen molar-refractivity contribution in [3.05, 3.63) is 65.9 Å². The number of nitriles is 1. The fourth-order valence-corrected chi connectivity index (χ4v) is 1.89. The first-order valence-electron chi connectivity index (χ1n) is 6.53. The van der Waals surface area contributed by atoms with Crippen molar-refractivity contribution in [2.45, 2.75) is 0 Å². The molecule has 0 atom stereocenters. The topological polar surface area (TPSA) is 102 Å². The standard InChI is InChI=1S/C16H8F2N3O.Ni.2O/c17-11-7-4-8-12(18)14(11)16-21-13(9-19)15(22-16)20-10-5-2-1-3-6-10;;;/h2-8,20H;;;/q-1;;;-1. The Labute approximate surface area is 147 Å². The Kier molecular flexibility index (Phi) is 6.46. The summed E-state index contributed by atoms with van der Waals surface area (Å²) in [6.45, 7) is 0. The van der Waals surface area contributed by atoms with Crippen LogP contribution in [0, 0.1) is 29.0 Å². The maximum absolute atomic E-state index is 13.8. The van der Waals surface area contributed by atoms with Gasteiger partial charge in [-0.2, -0.15) is 28.4 Å². The molecule has 3 aromatic rings. The molecule has 9 heteroatoms. The summed E-state index contributed by atoms with van der Waals surface area (Å²) in [5.41, 5.74) is 0.130. The Morgan fingerprint density at radius 3 is 2.40 bits per heavy atom.